The molecule has 1 saturated heterocycles. The summed E-state index contributed by atoms with van der Waals surface area (Å²) in [7, 11) is 2.04. The fourth-order valence-corrected chi connectivity index (χ4v) is 0.852. The molecule has 0 atom stereocenters. The molecule has 0 aromatic carbocycles. The smallest absolute Gasteiger partial charge is 0.0317 e. The van der Waals surface area contributed by atoms with Gasteiger partial charge in [-0.3, -0.25) is 0 Å². The van der Waals surface area contributed by atoms with Crippen LogP contribution in [-0.2, 0) is 0 Å². The van der Waals surface area contributed by atoms with Gasteiger partial charge in [0.1, 0.15) is 0 Å². The molecule has 1 heteroatoms. The molecule has 0 spiro atoms. The van der Waals surface area contributed by atoms with Gasteiger partial charge in [-0.15, -0.1) is 0 Å². The molecule has 0 unspecified atom stereocenters. The second-order valence-electron chi connectivity index (χ2n) is 2.22. The number of nitrogens with zero attached hydrogens (tertiary/aromatic N) is 1. The fourth-order valence-electron chi connectivity index (χ4n) is 0.852. The topological polar surface area (TPSA) is 3.24 Å². The molecule has 1 nitrogen and oxygen atoms in total. The molecule has 1 heterocycles. The van der Waals surface area contributed by atoms with Crippen molar-refractivity contribution in [2.75, 3.05) is 13.6 Å². The van der Waals surface area contributed by atoms with E-state index >= 15 is 0 Å². The van der Waals surface area contributed by atoms with E-state index in [4.69, 9.17) is 0 Å². The van der Waals surface area contributed by atoms with Gasteiger partial charge in [0.05, 0.1) is 0 Å². The zero-order valence-electron chi connectivity index (χ0n) is 5.28. The predicted molar refractivity (Wildman–Crippen MR) is 35.5 cm³/mol. The molecule has 0 aromatic rings. The normalized spacial score (nSPS) is 20.4. The maximum Gasteiger partial charge on any atom is 0.0317 e. The summed E-state index contributed by atoms with van der Waals surface area (Å²) in [6.07, 6.45) is 1.09. The highest BCUT2D eigenvalue weighted by molar-refractivity contribution is 5.28. The van der Waals surface area contributed by atoms with Crippen molar-refractivity contribution in [3.8, 4) is 0 Å². The largest absolute Gasteiger partial charge is 0.375 e. The van der Waals surface area contributed by atoms with Crippen molar-refractivity contribution in [2.45, 2.75) is 6.42 Å². The molecule has 1 aliphatic heterocycles. The molecule has 0 aromatic heterocycles. The van der Waals surface area contributed by atoms with E-state index in [2.05, 4.69) is 18.1 Å². The lowest BCUT2D eigenvalue weighted by Gasteiger charge is -2.09. The summed E-state index contributed by atoms with van der Waals surface area (Å²) in [4.78, 5) is 2.13. The van der Waals surface area contributed by atoms with Crippen molar-refractivity contribution in [1.82, 2.24) is 4.90 Å². The Morgan fingerprint density at radius 2 is 2.12 bits per heavy atom. The van der Waals surface area contributed by atoms with E-state index < -0.39 is 0 Å². The number of rotatable bonds is 0. The lowest BCUT2D eigenvalue weighted by atomic mass is 10.2. The third kappa shape index (κ3) is 0.641. The Hall–Kier alpha value is -0.720. The second kappa shape index (κ2) is 1.66. The standard InChI is InChI=1S/C7H11N/c1-6-4-5-8(3)7(6)2/h1-2,4-5H2,3H3. The Balaban J connectivity index is 2.71. The van der Waals surface area contributed by atoms with Gasteiger partial charge in [-0.25, -0.2) is 0 Å². The molecular formula is C7H11N. The second-order valence-corrected chi connectivity index (χ2v) is 2.22. The summed E-state index contributed by atoms with van der Waals surface area (Å²) >= 11 is 0. The minimum atomic E-state index is 1.09. The van der Waals surface area contributed by atoms with Crippen LogP contribution >= 0.6 is 0 Å². The molecule has 1 rings (SSSR count). The van der Waals surface area contributed by atoms with Crippen molar-refractivity contribution in [3.05, 3.63) is 24.4 Å². The minimum Gasteiger partial charge on any atom is -0.375 e. The zero-order chi connectivity index (χ0) is 6.15. The molecule has 0 radical (unpaired) electrons. The van der Waals surface area contributed by atoms with Crippen LogP contribution in [0.4, 0.5) is 0 Å². The molecule has 44 valence electrons. The van der Waals surface area contributed by atoms with Gasteiger partial charge >= 0.3 is 0 Å². The summed E-state index contributed by atoms with van der Waals surface area (Å²) in [6, 6.07) is 0. The molecule has 1 fully saturated rings. The van der Waals surface area contributed by atoms with E-state index in [0.717, 1.165) is 18.7 Å². The van der Waals surface area contributed by atoms with Crippen LogP contribution < -0.4 is 0 Å². The highest BCUT2D eigenvalue weighted by Gasteiger charge is 2.12. The zero-order valence-corrected chi connectivity index (χ0v) is 5.28. The van der Waals surface area contributed by atoms with Crippen molar-refractivity contribution >= 4 is 0 Å². The van der Waals surface area contributed by atoms with Crippen molar-refractivity contribution in [2.24, 2.45) is 0 Å². The Labute approximate surface area is 50.3 Å². The average molecular weight is 109 g/mol. The van der Waals surface area contributed by atoms with Crippen molar-refractivity contribution in [3.63, 3.8) is 0 Å². The highest BCUT2D eigenvalue weighted by atomic mass is 15.1. The minimum absolute atomic E-state index is 1.09. The van der Waals surface area contributed by atoms with Gasteiger partial charge in [0, 0.05) is 19.3 Å². The van der Waals surface area contributed by atoms with Gasteiger partial charge in [-0.05, 0) is 12.0 Å². The van der Waals surface area contributed by atoms with E-state index in [1.807, 2.05) is 7.05 Å². The summed E-state index contributed by atoms with van der Waals surface area (Å²) in [5, 5.41) is 0. The maximum absolute atomic E-state index is 3.84. The van der Waals surface area contributed by atoms with Gasteiger partial charge in [-0.1, -0.05) is 13.2 Å². The van der Waals surface area contributed by atoms with Crippen LogP contribution in [0.1, 0.15) is 6.42 Å². The number of hydrogen-bond acceptors (Lipinski definition) is 1. The third-order valence-electron chi connectivity index (χ3n) is 1.62. The highest BCUT2D eigenvalue weighted by Crippen LogP contribution is 2.20. The van der Waals surface area contributed by atoms with E-state index in [-0.39, 0.29) is 0 Å². The molecule has 8 heavy (non-hydrogen) atoms. The lowest BCUT2D eigenvalue weighted by Crippen LogP contribution is -2.08. The molecule has 0 aliphatic carbocycles. The maximum atomic E-state index is 3.84. The first-order valence-corrected chi connectivity index (χ1v) is 2.80. The number of likely N-dealkylation sites (tertiary alicyclic amines) is 1. The van der Waals surface area contributed by atoms with E-state index in [1.54, 1.807) is 0 Å². The van der Waals surface area contributed by atoms with Crippen LogP contribution in [0.15, 0.2) is 24.4 Å². The summed E-state index contributed by atoms with van der Waals surface area (Å²) in [5.74, 6) is 0. The van der Waals surface area contributed by atoms with Crippen LogP contribution in [0.3, 0.4) is 0 Å². The van der Waals surface area contributed by atoms with E-state index in [1.165, 1.54) is 5.57 Å². The Bertz CT molecular complexity index is 135. The lowest BCUT2D eigenvalue weighted by molar-refractivity contribution is 0.484. The SMILES string of the molecule is C=C1CCN(C)C1=C. The van der Waals surface area contributed by atoms with Gasteiger partial charge in [0.15, 0.2) is 0 Å². The first-order valence-electron chi connectivity index (χ1n) is 2.80. The summed E-state index contributed by atoms with van der Waals surface area (Å²) < 4.78 is 0. The quantitative estimate of drug-likeness (QED) is 0.454. The first kappa shape index (κ1) is 5.42. The number of likely N-dealkylation sites (N-methyl/N-ethyl adjacent to an activating group) is 1. The molecule has 0 saturated carbocycles. The Kier molecular flexibility index (Phi) is 1.12. The predicted octanol–water partition coefficient (Wildman–Crippen LogP) is 1.39. The number of allylic oxidation sites excluding steroid dienone is 1. The average Bonchev–Trinajstić information content (AvgIpc) is 1.98. The van der Waals surface area contributed by atoms with Crippen LogP contribution in [0.25, 0.3) is 0 Å². The Morgan fingerprint density at radius 3 is 2.25 bits per heavy atom. The molecule has 0 N–H and O–H groups in total. The first-order chi connectivity index (χ1) is 3.72. The van der Waals surface area contributed by atoms with Gasteiger partial charge in [-0.2, -0.15) is 0 Å². The van der Waals surface area contributed by atoms with Crippen LogP contribution in [0.2, 0.25) is 0 Å². The molecule has 0 amide bonds. The molecule has 0 bridgehead atoms. The monoisotopic (exact) mass is 109 g/mol. The summed E-state index contributed by atoms with van der Waals surface area (Å²) in [5.41, 5.74) is 2.29. The Morgan fingerprint density at radius 1 is 1.50 bits per heavy atom. The third-order valence-corrected chi connectivity index (χ3v) is 1.62. The van der Waals surface area contributed by atoms with Crippen LogP contribution in [0.5, 0.6) is 0 Å². The molecule has 1 aliphatic rings. The fraction of sp³-hybridized carbons (Fsp3) is 0.429. The van der Waals surface area contributed by atoms with Crippen LogP contribution in [0, 0.1) is 0 Å². The summed E-state index contributed by atoms with van der Waals surface area (Å²) in [6.45, 7) is 8.78. The van der Waals surface area contributed by atoms with Gasteiger partial charge in [0.2, 0.25) is 0 Å². The van der Waals surface area contributed by atoms with E-state index in [9.17, 15) is 0 Å². The van der Waals surface area contributed by atoms with Crippen LogP contribution in [-0.4, -0.2) is 18.5 Å². The van der Waals surface area contributed by atoms with Gasteiger partial charge < -0.3 is 4.90 Å². The van der Waals surface area contributed by atoms with Crippen molar-refractivity contribution < 1.29 is 0 Å². The molecular weight excluding hydrogens is 98.1 g/mol. The van der Waals surface area contributed by atoms with Gasteiger partial charge in [0.25, 0.3) is 0 Å². The van der Waals surface area contributed by atoms with E-state index in [0.29, 0.717) is 0 Å². The number of hydrogen-bond donors (Lipinski definition) is 0. The van der Waals surface area contributed by atoms with Crippen molar-refractivity contribution in [1.29, 1.82) is 0 Å².